The predicted octanol–water partition coefficient (Wildman–Crippen LogP) is 1.93. The molecule has 2 amide bonds. The smallest absolute Gasteiger partial charge is 0.251 e. The van der Waals surface area contributed by atoms with Gasteiger partial charge in [-0.2, -0.15) is 0 Å². The third-order valence-corrected chi connectivity index (χ3v) is 3.51. The van der Waals surface area contributed by atoms with Crippen LogP contribution in [0.25, 0.3) is 0 Å². The van der Waals surface area contributed by atoms with E-state index in [1.165, 1.54) is 0 Å². The molecule has 0 unspecified atom stereocenters. The van der Waals surface area contributed by atoms with Crippen LogP contribution in [0.1, 0.15) is 29.8 Å². The number of halogens is 1. The zero-order chi connectivity index (χ0) is 14.5. The second kappa shape index (κ2) is 6.57. The van der Waals surface area contributed by atoms with Gasteiger partial charge in [-0.25, -0.2) is 0 Å². The molecular weight excluding hydrogens is 264 g/mol. The summed E-state index contributed by atoms with van der Waals surface area (Å²) in [5.74, 6) is 0.0609. The van der Waals surface area contributed by atoms with Crippen LogP contribution in [0.3, 0.4) is 0 Å². The molecule has 1 aromatic rings. The van der Waals surface area contributed by atoms with Gasteiger partial charge in [-0.3, -0.25) is 9.59 Å². The Morgan fingerprint density at radius 2 is 1.79 bits per heavy atom. The minimum absolute atomic E-state index is 0.0853. The van der Waals surface area contributed by atoms with Crippen LogP contribution in [0, 0.1) is 5.41 Å². The lowest BCUT2D eigenvalue weighted by Crippen LogP contribution is -2.37. The molecule has 0 atom stereocenters. The third kappa shape index (κ3) is 4.24. The Kier molecular flexibility index (Phi) is 5.36. The summed E-state index contributed by atoms with van der Waals surface area (Å²) in [4.78, 5) is 23.2. The highest BCUT2D eigenvalue weighted by molar-refractivity contribution is 6.19. The number of benzene rings is 1. The van der Waals surface area contributed by atoms with Crippen molar-refractivity contribution in [1.29, 1.82) is 0 Å². The molecule has 0 spiro atoms. The normalized spacial score (nSPS) is 10.9. The molecule has 0 heterocycles. The lowest BCUT2D eigenvalue weighted by atomic mass is 9.95. The quantitative estimate of drug-likeness (QED) is 0.811. The molecule has 0 bridgehead atoms. The highest BCUT2D eigenvalue weighted by Crippen LogP contribution is 2.17. The fourth-order valence-corrected chi connectivity index (χ4v) is 1.52. The number of hydrogen-bond donors (Lipinski definition) is 2. The van der Waals surface area contributed by atoms with Crippen LogP contribution in [-0.4, -0.2) is 24.7 Å². The molecule has 0 aromatic heterocycles. The van der Waals surface area contributed by atoms with Gasteiger partial charge in [-0.05, 0) is 31.5 Å². The molecule has 4 nitrogen and oxygen atoms in total. The van der Waals surface area contributed by atoms with E-state index in [4.69, 9.17) is 11.6 Å². The largest absolute Gasteiger partial charge is 0.355 e. The maximum Gasteiger partial charge on any atom is 0.251 e. The average Bonchev–Trinajstić information content (AvgIpc) is 2.44. The van der Waals surface area contributed by atoms with E-state index >= 15 is 0 Å². The van der Waals surface area contributed by atoms with E-state index in [1.807, 2.05) is 12.1 Å². The fourth-order valence-electron chi connectivity index (χ4n) is 1.40. The van der Waals surface area contributed by atoms with Crippen LogP contribution in [0.15, 0.2) is 24.3 Å². The van der Waals surface area contributed by atoms with Crippen molar-refractivity contribution < 1.29 is 9.59 Å². The van der Waals surface area contributed by atoms with Crippen molar-refractivity contribution in [3.63, 3.8) is 0 Å². The second-order valence-electron chi connectivity index (χ2n) is 4.98. The number of carbonyl (C=O) groups is 2. The van der Waals surface area contributed by atoms with E-state index in [2.05, 4.69) is 10.6 Å². The van der Waals surface area contributed by atoms with Gasteiger partial charge in [0, 0.05) is 25.0 Å². The van der Waals surface area contributed by atoms with Crippen molar-refractivity contribution in [2.75, 3.05) is 12.9 Å². The van der Waals surface area contributed by atoms with Gasteiger partial charge in [0.1, 0.15) is 0 Å². The van der Waals surface area contributed by atoms with Crippen LogP contribution in [0.5, 0.6) is 0 Å². The lowest BCUT2D eigenvalue weighted by Gasteiger charge is -2.20. The fraction of sp³-hybridized carbons (Fsp3) is 0.429. The Morgan fingerprint density at radius 3 is 2.26 bits per heavy atom. The van der Waals surface area contributed by atoms with Gasteiger partial charge in [0.2, 0.25) is 5.91 Å². The highest BCUT2D eigenvalue weighted by atomic mass is 35.5. The zero-order valence-electron chi connectivity index (χ0n) is 11.4. The number of nitrogens with one attached hydrogen (secondary N) is 2. The summed E-state index contributed by atoms with van der Waals surface area (Å²) in [7, 11) is 1.59. The number of rotatable bonds is 5. The summed E-state index contributed by atoms with van der Waals surface area (Å²) in [5.41, 5.74) is 0.953. The second-order valence-corrected chi connectivity index (χ2v) is 5.24. The zero-order valence-corrected chi connectivity index (χ0v) is 12.2. The predicted molar refractivity (Wildman–Crippen MR) is 76.2 cm³/mol. The molecule has 0 aliphatic carbocycles. The van der Waals surface area contributed by atoms with Crippen molar-refractivity contribution in [1.82, 2.24) is 10.6 Å². The van der Waals surface area contributed by atoms with Crippen LogP contribution < -0.4 is 10.6 Å². The van der Waals surface area contributed by atoms with Gasteiger partial charge in [0.25, 0.3) is 5.91 Å². The van der Waals surface area contributed by atoms with E-state index in [9.17, 15) is 9.59 Å². The Hall–Kier alpha value is -1.55. The standard InChI is InChI=1S/C14H19ClN2O2/c1-14(2,9-15)13(19)17-8-10-4-6-11(7-5-10)12(18)16-3/h4-7H,8-9H2,1-3H3,(H,16,18)(H,17,19). The van der Waals surface area contributed by atoms with E-state index < -0.39 is 5.41 Å². The minimum atomic E-state index is -0.580. The first-order valence-corrected chi connectivity index (χ1v) is 6.59. The van der Waals surface area contributed by atoms with Gasteiger partial charge in [0.05, 0.1) is 5.41 Å². The van der Waals surface area contributed by atoms with Gasteiger partial charge >= 0.3 is 0 Å². The van der Waals surface area contributed by atoms with Crippen molar-refractivity contribution in [2.45, 2.75) is 20.4 Å². The summed E-state index contributed by atoms with van der Waals surface area (Å²) in [6, 6.07) is 7.09. The first-order chi connectivity index (χ1) is 8.90. The number of amides is 2. The number of hydrogen-bond acceptors (Lipinski definition) is 2. The Bertz CT molecular complexity index is 455. The van der Waals surface area contributed by atoms with E-state index in [-0.39, 0.29) is 17.7 Å². The van der Waals surface area contributed by atoms with E-state index in [0.717, 1.165) is 5.56 Å². The molecule has 5 heteroatoms. The maximum absolute atomic E-state index is 11.8. The molecule has 1 rings (SSSR count). The van der Waals surface area contributed by atoms with E-state index in [0.29, 0.717) is 12.1 Å². The highest BCUT2D eigenvalue weighted by Gasteiger charge is 2.25. The van der Waals surface area contributed by atoms with Gasteiger partial charge in [-0.15, -0.1) is 11.6 Å². The summed E-state index contributed by atoms with van der Waals surface area (Å²) in [5, 5.41) is 5.38. The molecule has 1 aromatic carbocycles. The molecule has 19 heavy (non-hydrogen) atoms. The topological polar surface area (TPSA) is 58.2 Å². The van der Waals surface area contributed by atoms with Crippen LogP contribution >= 0.6 is 11.6 Å². The van der Waals surface area contributed by atoms with Crippen LogP contribution in [-0.2, 0) is 11.3 Å². The van der Waals surface area contributed by atoms with E-state index in [1.54, 1.807) is 33.0 Å². The third-order valence-electron chi connectivity index (χ3n) is 2.85. The van der Waals surface area contributed by atoms with Gasteiger partial charge in [0.15, 0.2) is 0 Å². The molecule has 0 fully saturated rings. The monoisotopic (exact) mass is 282 g/mol. The number of carbonyl (C=O) groups excluding carboxylic acids is 2. The van der Waals surface area contributed by atoms with Gasteiger partial charge in [-0.1, -0.05) is 12.1 Å². The van der Waals surface area contributed by atoms with Crippen molar-refractivity contribution in [2.24, 2.45) is 5.41 Å². The number of alkyl halides is 1. The van der Waals surface area contributed by atoms with Gasteiger partial charge < -0.3 is 10.6 Å². The van der Waals surface area contributed by atoms with Crippen molar-refractivity contribution in [3.8, 4) is 0 Å². The lowest BCUT2D eigenvalue weighted by molar-refractivity contribution is -0.128. The van der Waals surface area contributed by atoms with Crippen LogP contribution in [0.2, 0.25) is 0 Å². The summed E-state index contributed by atoms with van der Waals surface area (Å²) in [6.07, 6.45) is 0. The summed E-state index contributed by atoms with van der Waals surface area (Å²) in [6.45, 7) is 4.02. The first kappa shape index (κ1) is 15.5. The molecule has 0 radical (unpaired) electrons. The maximum atomic E-state index is 11.8. The molecular formula is C14H19ClN2O2. The Balaban J connectivity index is 2.60. The molecule has 0 saturated carbocycles. The SMILES string of the molecule is CNC(=O)c1ccc(CNC(=O)C(C)(C)CCl)cc1. The molecule has 0 aliphatic rings. The van der Waals surface area contributed by atoms with Crippen molar-refractivity contribution >= 4 is 23.4 Å². The molecule has 0 saturated heterocycles. The Morgan fingerprint density at radius 1 is 1.21 bits per heavy atom. The van der Waals surface area contributed by atoms with Crippen LogP contribution in [0.4, 0.5) is 0 Å². The minimum Gasteiger partial charge on any atom is -0.355 e. The first-order valence-electron chi connectivity index (χ1n) is 6.06. The van der Waals surface area contributed by atoms with Crippen molar-refractivity contribution in [3.05, 3.63) is 35.4 Å². The molecule has 2 N–H and O–H groups in total. The average molecular weight is 283 g/mol. The summed E-state index contributed by atoms with van der Waals surface area (Å²) < 4.78 is 0. The molecule has 0 aliphatic heterocycles. The summed E-state index contributed by atoms with van der Waals surface area (Å²) >= 11 is 5.74. The Labute approximate surface area is 118 Å². The molecule has 104 valence electrons.